The van der Waals surface area contributed by atoms with Crippen LogP contribution in [0.2, 0.25) is 5.02 Å². The summed E-state index contributed by atoms with van der Waals surface area (Å²) in [4.78, 5) is 27.5. The molecule has 14 heteroatoms. The van der Waals surface area contributed by atoms with Crippen LogP contribution in [0, 0.1) is 12.7 Å². The van der Waals surface area contributed by atoms with Gasteiger partial charge in [0.05, 0.1) is 34.1 Å². The number of carbonyl (C=O) groups excluding carboxylic acids is 1. The van der Waals surface area contributed by atoms with Crippen molar-refractivity contribution in [1.29, 1.82) is 0 Å². The van der Waals surface area contributed by atoms with Crippen molar-refractivity contribution in [1.82, 2.24) is 20.2 Å². The first kappa shape index (κ1) is 27.7. The van der Waals surface area contributed by atoms with Crippen LogP contribution in [0.5, 0.6) is 5.88 Å². The zero-order chi connectivity index (χ0) is 29.5. The molecule has 6 rings (SSSR count). The van der Waals surface area contributed by atoms with Gasteiger partial charge in [-0.1, -0.05) is 11.6 Å². The van der Waals surface area contributed by atoms with E-state index >= 15 is 4.39 Å². The number of alkyl halides is 3. The minimum atomic E-state index is -4.85. The number of aromatic nitrogens is 2. The first-order chi connectivity index (χ1) is 19.3. The third-order valence-electron chi connectivity index (χ3n) is 7.69. The lowest BCUT2D eigenvalue weighted by Crippen LogP contribution is -2.66. The maximum Gasteiger partial charge on any atom is 0.418 e. The number of carbonyl (C=O) groups is 1. The molecule has 1 aromatic carbocycles. The van der Waals surface area contributed by atoms with Gasteiger partial charge in [-0.15, -0.1) is 0 Å². The molecule has 218 valence electrons. The van der Waals surface area contributed by atoms with Crippen molar-refractivity contribution in [2.24, 2.45) is 0 Å². The summed E-state index contributed by atoms with van der Waals surface area (Å²) in [6.07, 6.45) is -5.32. The lowest BCUT2D eigenvalue weighted by atomic mass is 9.95. The van der Waals surface area contributed by atoms with E-state index in [-0.39, 0.29) is 51.7 Å². The van der Waals surface area contributed by atoms with Gasteiger partial charge in [-0.25, -0.2) is 14.4 Å². The van der Waals surface area contributed by atoms with Crippen molar-refractivity contribution >= 4 is 45.6 Å². The first-order valence-electron chi connectivity index (χ1n) is 13.1. The van der Waals surface area contributed by atoms with E-state index in [1.807, 2.05) is 30.8 Å². The number of anilines is 3. The molecular formula is C27H28ClF4N7O2. The van der Waals surface area contributed by atoms with Crippen molar-refractivity contribution < 1.29 is 27.1 Å². The number of halogens is 5. The Morgan fingerprint density at radius 2 is 1.95 bits per heavy atom. The van der Waals surface area contributed by atoms with E-state index < -0.39 is 41.0 Å². The topological polar surface area (TPSA) is 99.8 Å². The van der Waals surface area contributed by atoms with Crippen LogP contribution in [0.15, 0.2) is 12.1 Å². The van der Waals surface area contributed by atoms with Crippen LogP contribution in [0.3, 0.4) is 0 Å². The van der Waals surface area contributed by atoms with Crippen LogP contribution in [-0.4, -0.2) is 79.2 Å². The fourth-order valence-corrected chi connectivity index (χ4v) is 6.38. The number of likely N-dealkylation sites (N-methyl/N-ethyl adjacent to an activating group) is 1. The maximum absolute atomic E-state index is 16.6. The lowest BCUT2D eigenvalue weighted by Gasteiger charge is -2.49. The van der Waals surface area contributed by atoms with E-state index in [0.29, 0.717) is 31.0 Å². The van der Waals surface area contributed by atoms with E-state index in [9.17, 15) is 18.0 Å². The number of aryl methyl sites for hydroxylation is 1. The van der Waals surface area contributed by atoms with E-state index in [4.69, 9.17) is 22.1 Å². The number of pyridine rings is 2. The second-order valence-corrected chi connectivity index (χ2v) is 11.5. The highest BCUT2D eigenvalue weighted by molar-refractivity contribution is 6.34. The molecule has 3 aliphatic heterocycles. The number of ether oxygens (including phenoxy) is 1. The van der Waals surface area contributed by atoms with Crippen LogP contribution in [0.4, 0.5) is 34.8 Å². The highest BCUT2D eigenvalue weighted by atomic mass is 35.5. The fraction of sp³-hybridized carbons (Fsp3) is 0.444. The molecule has 3 aromatic rings. The van der Waals surface area contributed by atoms with Crippen LogP contribution in [0.1, 0.15) is 18.1 Å². The largest absolute Gasteiger partial charge is 0.470 e. The summed E-state index contributed by atoms with van der Waals surface area (Å²) in [6.45, 7) is 4.70. The van der Waals surface area contributed by atoms with Crippen molar-refractivity contribution in [2.45, 2.75) is 38.2 Å². The monoisotopic (exact) mass is 593 g/mol. The van der Waals surface area contributed by atoms with Crippen molar-refractivity contribution in [3.63, 3.8) is 0 Å². The van der Waals surface area contributed by atoms with Gasteiger partial charge in [0.1, 0.15) is 29.2 Å². The van der Waals surface area contributed by atoms with E-state index in [2.05, 4.69) is 15.3 Å². The Morgan fingerprint density at radius 3 is 2.63 bits per heavy atom. The van der Waals surface area contributed by atoms with Gasteiger partial charge >= 0.3 is 6.18 Å². The van der Waals surface area contributed by atoms with Crippen LogP contribution in [-0.2, 0) is 11.0 Å². The minimum absolute atomic E-state index is 0.00358. The predicted molar refractivity (Wildman–Crippen MR) is 148 cm³/mol. The number of benzene rings is 1. The number of nitrogens with two attached hydrogens (primary N) is 1. The Labute approximate surface area is 238 Å². The van der Waals surface area contributed by atoms with Crippen molar-refractivity contribution in [3.05, 3.63) is 34.1 Å². The Kier molecular flexibility index (Phi) is 6.47. The average molecular weight is 594 g/mol. The molecule has 0 spiro atoms. The Hall–Kier alpha value is -3.42. The fourth-order valence-electron chi connectivity index (χ4n) is 6.10. The third kappa shape index (κ3) is 4.41. The number of hydrogen-bond donors (Lipinski definition) is 2. The number of fused-ring (bicyclic) bond motifs is 4. The van der Waals surface area contributed by atoms with E-state index in [0.717, 1.165) is 6.07 Å². The van der Waals surface area contributed by atoms with Crippen LogP contribution in [0.25, 0.3) is 22.2 Å². The summed E-state index contributed by atoms with van der Waals surface area (Å²) in [5.74, 6) is -1.40. The number of hydrogen-bond acceptors (Lipinski definition) is 8. The van der Waals surface area contributed by atoms with Gasteiger partial charge in [0, 0.05) is 31.1 Å². The molecule has 1 amide bonds. The van der Waals surface area contributed by atoms with Gasteiger partial charge in [-0.05, 0) is 45.6 Å². The number of nitrogens with zero attached hydrogens (tertiary/aromatic N) is 5. The summed E-state index contributed by atoms with van der Waals surface area (Å²) in [7, 11) is 3.72. The zero-order valence-electron chi connectivity index (χ0n) is 22.7. The second kappa shape index (κ2) is 9.57. The molecule has 2 aromatic heterocycles. The number of nitrogen functional groups attached to an aromatic ring is 1. The van der Waals surface area contributed by atoms with Gasteiger partial charge in [0.15, 0.2) is 5.82 Å². The average Bonchev–Trinajstić information content (AvgIpc) is 2.85. The molecule has 1 saturated heterocycles. The minimum Gasteiger partial charge on any atom is -0.470 e. The normalized spacial score (nSPS) is 22.2. The van der Waals surface area contributed by atoms with Gasteiger partial charge in [-0.3, -0.25) is 4.79 Å². The Bertz CT molecular complexity index is 1600. The Balaban J connectivity index is 1.66. The molecule has 5 heterocycles. The molecule has 3 N–H and O–H groups in total. The number of amides is 1. The lowest BCUT2D eigenvalue weighted by molar-refractivity contribution is -0.137. The van der Waals surface area contributed by atoms with Crippen molar-refractivity contribution in [3.8, 4) is 17.1 Å². The SMILES string of the molecule is Cc1cc(N)nc(-c2c(Cl)cc3c4c5c(nc3c2F)O[C@H](CN(C)C)CN5C(=O)[C@H]2CN[C@H](C)CN42)c1C(F)(F)F. The molecule has 1 fully saturated rings. The number of nitrogens with one attached hydrogen (secondary N) is 1. The molecule has 0 bridgehead atoms. The zero-order valence-corrected chi connectivity index (χ0v) is 23.5. The van der Waals surface area contributed by atoms with Crippen molar-refractivity contribution in [2.75, 3.05) is 55.8 Å². The summed E-state index contributed by atoms with van der Waals surface area (Å²) >= 11 is 6.59. The van der Waals surface area contributed by atoms with Crippen LogP contribution < -0.4 is 25.6 Å². The number of piperazine rings is 1. The molecule has 0 radical (unpaired) electrons. The standard InChI is InChI=1S/C27H28ClF4N7O2/c1-11-5-17(33)35-22(19(11)27(30,31)32)18-15(28)6-14-21(20(18)29)36-25-24-23(14)38-8-12(2)34-7-16(38)26(40)39(24)10-13(41-25)9-37(3)4/h5-6,12-13,16,34H,7-10H2,1-4H3,(H2,33,35)/t12-,13-,16-/m1/s1. The quantitative estimate of drug-likeness (QED) is 0.442. The molecule has 3 atom stereocenters. The second-order valence-electron chi connectivity index (χ2n) is 11.1. The molecule has 0 unspecified atom stereocenters. The van der Waals surface area contributed by atoms with Crippen LogP contribution >= 0.6 is 11.6 Å². The summed E-state index contributed by atoms with van der Waals surface area (Å²) in [5.41, 5.74) is 3.84. The molecule has 0 aliphatic carbocycles. The van der Waals surface area contributed by atoms with Gasteiger partial charge < -0.3 is 30.5 Å². The van der Waals surface area contributed by atoms with Gasteiger partial charge in [-0.2, -0.15) is 13.2 Å². The molecule has 9 nitrogen and oxygen atoms in total. The molecule has 0 saturated carbocycles. The van der Waals surface area contributed by atoms with E-state index in [1.54, 1.807) is 4.90 Å². The molecule has 41 heavy (non-hydrogen) atoms. The first-order valence-corrected chi connectivity index (χ1v) is 13.5. The van der Waals surface area contributed by atoms with E-state index in [1.165, 1.54) is 13.0 Å². The van der Waals surface area contributed by atoms with Gasteiger partial charge in [0.2, 0.25) is 5.88 Å². The van der Waals surface area contributed by atoms with Gasteiger partial charge in [0.25, 0.3) is 5.91 Å². The Morgan fingerprint density at radius 1 is 1.22 bits per heavy atom. The number of rotatable bonds is 3. The predicted octanol–water partition coefficient (Wildman–Crippen LogP) is 3.83. The highest BCUT2D eigenvalue weighted by Gasteiger charge is 2.47. The molecular weight excluding hydrogens is 566 g/mol. The smallest absolute Gasteiger partial charge is 0.418 e. The summed E-state index contributed by atoms with van der Waals surface area (Å²) < 4.78 is 65.3. The molecule has 3 aliphatic rings. The summed E-state index contributed by atoms with van der Waals surface area (Å²) in [5, 5.41) is 3.29. The summed E-state index contributed by atoms with van der Waals surface area (Å²) in [6, 6.07) is 1.89. The third-order valence-corrected chi connectivity index (χ3v) is 7.99. The highest BCUT2D eigenvalue weighted by Crippen LogP contribution is 2.52. The maximum atomic E-state index is 16.6.